The first-order valence-corrected chi connectivity index (χ1v) is 7.51. The zero-order valence-corrected chi connectivity index (χ0v) is 12.4. The summed E-state index contributed by atoms with van der Waals surface area (Å²) in [5, 5.41) is 5.13. The molecule has 0 saturated carbocycles. The smallest absolute Gasteiger partial charge is 0.241 e. The van der Waals surface area contributed by atoms with Crippen LogP contribution in [0.25, 0.3) is 10.9 Å². The number of ether oxygens (including phenoxy) is 1. The van der Waals surface area contributed by atoms with Gasteiger partial charge in [0.25, 0.3) is 0 Å². The predicted molar refractivity (Wildman–Crippen MR) is 85.9 cm³/mol. The average Bonchev–Trinajstić information content (AvgIpc) is 2.97. The third kappa shape index (κ3) is 3.72. The Balaban J connectivity index is 1.48. The molecule has 1 saturated heterocycles. The number of rotatable bonds is 5. The third-order valence-corrected chi connectivity index (χ3v) is 3.77. The van der Waals surface area contributed by atoms with Crippen LogP contribution in [0.4, 0.5) is 0 Å². The number of H-pyrrole nitrogens is 1. The summed E-state index contributed by atoms with van der Waals surface area (Å²) in [5.41, 5.74) is 4.60. The molecule has 116 valence electrons. The molecule has 6 nitrogen and oxygen atoms in total. The maximum atomic E-state index is 11.8. The van der Waals surface area contributed by atoms with Crippen LogP contribution in [-0.4, -0.2) is 54.9 Å². The molecular weight excluding hydrogens is 280 g/mol. The highest BCUT2D eigenvalue weighted by Gasteiger charge is 2.11. The molecule has 0 aliphatic carbocycles. The average molecular weight is 300 g/mol. The van der Waals surface area contributed by atoms with Gasteiger partial charge in [0.15, 0.2) is 0 Å². The van der Waals surface area contributed by atoms with E-state index in [1.165, 1.54) is 0 Å². The standard InChI is InChI=1S/C16H20N4O2/c21-16(5-6-20-7-9-22-10-8-20)19-18-12-13-11-17-15-4-2-1-3-14(13)15/h1-4,11-12,17H,5-10H2,(H,19,21)/b18-12-. The van der Waals surface area contributed by atoms with Gasteiger partial charge in [0.05, 0.1) is 19.4 Å². The molecule has 2 heterocycles. The highest BCUT2D eigenvalue weighted by molar-refractivity contribution is 5.99. The number of amides is 1. The molecule has 3 rings (SSSR count). The zero-order valence-electron chi connectivity index (χ0n) is 12.4. The number of para-hydroxylation sites is 1. The molecule has 0 radical (unpaired) electrons. The maximum Gasteiger partial charge on any atom is 0.241 e. The van der Waals surface area contributed by atoms with Crippen molar-refractivity contribution in [1.82, 2.24) is 15.3 Å². The number of hydrazone groups is 1. The summed E-state index contributed by atoms with van der Waals surface area (Å²) in [6.07, 6.45) is 4.00. The minimum Gasteiger partial charge on any atom is -0.379 e. The largest absolute Gasteiger partial charge is 0.379 e. The van der Waals surface area contributed by atoms with E-state index in [0.29, 0.717) is 6.42 Å². The number of hydrogen-bond acceptors (Lipinski definition) is 4. The van der Waals surface area contributed by atoms with Gasteiger partial charge in [-0.25, -0.2) is 5.43 Å². The van der Waals surface area contributed by atoms with Gasteiger partial charge in [-0.15, -0.1) is 0 Å². The van der Waals surface area contributed by atoms with Gasteiger partial charge in [-0.05, 0) is 6.07 Å². The lowest BCUT2D eigenvalue weighted by molar-refractivity contribution is -0.121. The molecule has 1 fully saturated rings. The number of hydrogen-bond donors (Lipinski definition) is 2. The summed E-state index contributed by atoms with van der Waals surface area (Å²) in [7, 11) is 0. The van der Waals surface area contributed by atoms with E-state index in [-0.39, 0.29) is 5.91 Å². The van der Waals surface area contributed by atoms with Crippen LogP contribution in [0, 0.1) is 0 Å². The number of aromatic amines is 1. The van der Waals surface area contributed by atoms with E-state index in [2.05, 4.69) is 20.4 Å². The Morgan fingerprint density at radius 3 is 3.05 bits per heavy atom. The molecule has 2 aromatic rings. The van der Waals surface area contributed by atoms with Gasteiger partial charge in [-0.3, -0.25) is 9.69 Å². The van der Waals surface area contributed by atoms with Crippen molar-refractivity contribution in [1.29, 1.82) is 0 Å². The van der Waals surface area contributed by atoms with Gasteiger partial charge in [0.2, 0.25) is 5.91 Å². The second-order valence-corrected chi connectivity index (χ2v) is 5.29. The van der Waals surface area contributed by atoms with Crippen LogP contribution in [0.15, 0.2) is 35.6 Å². The second-order valence-electron chi connectivity index (χ2n) is 5.29. The topological polar surface area (TPSA) is 69.7 Å². The zero-order chi connectivity index (χ0) is 15.2. The quantitative estimate of drug-likeness (QED) is 0.647. The molecule has 2 N–H and O–H groups in total. The van der Waals surface area contributed by atoms with Crippen LogP contribution in [0.1, 0.15) is 12.0 Å². The predicted octanol–water partition coefficient (Wildman–Crippen LogP) is 1.34. The summed E-state index contributed by atoms with van der Waals surface area (Å²) in [5.74, 6) is -0.0671. The van der Waals surface area contributed by atoms with Crippen molar-refractivity contribution in [2.75, 3.05) is 32.8 Å². The van der Waals surface area contributed by atoms with Crippen LogP contribution < -0.4 is 5.43 Å². The minimum atomic E-state index is -0.0671. The van der Waals surface area contributed by atoms with Crippen molar-refractivity contribution in [2.45, 2.75) is 6.42 Å². The lowest BCUT2D eigenvalue weighted by atomic mass is 10.2. The molecule has 6 heteroatoms. The van der Waals surface area contributed by atoms with Gasteiger partial charge in [-0.2, -0.15) is 5.10 Å². The van der Waals surface area contributed by atoms with E-state index in [1.54, 1.807) is 6.21 Å². The molecule has 0 spiro atoms. The van der Waals surface area contributed by atoms with E-state index in [4.69, 9.17) is 4.74 Å². The lowest BCUT2D eigenvalue weighted by Gasteiger charge is -2.25. The number of carbonyl (C=O) groups excluding carboxylic acids is 1. The Hall–Kier alpha value is -2.18. The second kappa shape index (κ2) is 7.20. The highest BCUT2D eigenvalue weighted by atomic mass is 16.5. The number of carbonyl (C=O) groups is 1. The third-order valence-electron chi connectivity index (χ3n) is 3.77. The molecule has 0 unspecified atom stereocenters. The fraction of sp³-hybridized carbons (Fsp3) is 0.375. The normalized spacial score (nSPS) is 16.4. The van der Waals surface area contributed by atoms with E-state index >= 15 is 0 Å². The molecule has 1 aliphatic rings. The summed E-state index contributed by atoms with van der Waals surface area (Å²) >= 11 is 0. The Bertz CT molecular complexity index is 659. The first-order valence-electron chi connectivity index (χ1n) is 7.51. The minimum absolute atomic E-state index is 0.0671. The Kier molecular flexibility index (Phi) is 4.82. The Morgan fingerprint density at radius 1 is 1.36 bits per heavy atom. The van der Waals surface area contributed by atoms with Crippen LogP contribution >= 0.6 is 0 Å². The van der Waals surface area contributed by atoms with Gasteiger partial charge >= 0.3 is 0 Å². The van der Waals surface area contributed by atoms with E-state index in [9.17, 15) is 4.79 Å². The highest BCUT2D eigenvalue weighted by Crippen LogP contribution is 2.15. The molecule has 0 bridgehead atoms. The first-order chi connectivity index (χ1) is 10.8. The number of nitrogens with one attached hydrogen (secondary N) is 2. The fourth-order valence-electron chi connectivity index (χ4n) is 2.51. The van der Waals surface area contributed by atoms with Gasteiger partial charge in [-0.1, -0.05) is 18.2 Å². The van der Waals surface area contributed by atoms with Crippen LogP contribution in [0.3, 0.4) is 0 Å². The van der Waals surface area contributed by atoms with Crippen molar-refractivity contribution in [3.63, 3.8) is 0 Å². The van der Waals surface area contributed by atoms with Gasteiger partial charge in [0.1, 0.15) is 0 Å². The molecule has 1 aromatic carbocycles. The van der Waals surface area contributed by atoms with Crippen molar-refractivity contribution in [3.05, 3.63) is 36.0 Å². The van der Waals surface area contributed by atoms with Crippen molar-refractivity contribution >= 4 is 23.0 Å². The SMILES string of the molecule is O=C(CCN1CCOCC1)N/N=C\c1c[nH]c2ccccc12. The molecule has 1 aliphatic heterocycles. The van der Waals surface area contributed by atoms with Crippen molar-refractivity contribution in [2.24, 2.45) is 5.10 Å². The summed E-state index contributed by atoms with van der Waals surface area (Å²) in [6.45, 7) is 4.04. The fourth-order valence-corrected chi connectivity index (χ4v) is 2.51. The van der Waals surface area contributed by atoms with E-state index < -0.39 is 0 Å². The number of benzene rings is 1. The van der Waals surface area contributed by atoms with Crippen molar-refractivity contribution < 1.29 is 9.53 Å². The molecule has 22 heavy (non-hydrogen) atoms. The molecular formula is C16H20N4O2. The maximum absolute atomic E-state index is 11.8. The van der Waals surface area contributed by atoms with E-state index in [0.717, 1.165) is 49.3 Å². The van der Waals surface area contributed by atoms with Gasteiger partial charge < -0.3 is 9.72 Å². The number of nitrogens with zero attached hydrogens (tertiary/aromatic N) is 2. The molecule has 1 aromatic heterocycles. The summed E-state index contributed by atoms with van der Waals surface area (Å²) < 4.78 is 5.28. The Morgan fingerprint density at radius 2 is 2.18 bits per heavy atom. The molecule has 1 amide bonds. The number of morpholine rings is 1. The number of aromatic nitrogens is 1. The van der Waals surface area contributed by atoms with Crippen LogP contribution in [-0.2, 0) is 9.53 Å². The van der Waals surface area contributed by atoms with Gasteiger partial charge in [0, 0.05) is 48.7 Å². The monoisotopic (exact) mass is 300 g/mol. The van der Waals surface area contributed by atoms with Crippen molar-refractivity contribution in [3.8, 4) is 0 Å². The first kappa shape index (κ1) is 14.7. The number of fused-ring (bicyclic) bond motifs is 1. The molecule has 0 atom stereocenters. The summed E-state index contributed by atoms with van der Waals surface area (Å²) in [4.78, 5) is 17.2. The lowest BCUT2D eigenvalue weighted by Crippen LogP contribution is -2.38. The Labute approximate surface area is 129 Å². The summed E-state index contributed by atoms with van der Waals surface area (Å²) in [6, 6.07) is 7.99. The van der Waals surface area contributed by atoms with Crippen LogP contribution in [0.5, 0.6) is 0 Å². The van der Waals surface area contributed by atoms with Crippen LogP contribution in [0.2, 0.25) is 0 Å². The van der Waals surface area contributed by atoms with E-state index in [1.807, 2.05) is 30.5 Å².